The molecule has 0 spiro atoms. The molecule has 0 radical (unpaired) electrons. The van der Waals surface area contributed by atoms with E-state index >= 15 is 0 Å². The summed E-state index contributed by atoms with van der Waals surface area (Å²) in [5.41, 5.74) is 3.76. The molecular formula is C24H31NOSi. The molecule has 0 unspecified atom stereocenters. The summed E-state index contributed by atoms with van der Waals surface area (Å²) in [6.07, 6.45) is 2.82. The van der Waals surface area contributed by atoms with Crippen molar-refractivity contribution in [3.63, 3.8) is 0 Å². The maximum Gasteiger partial charge on any atom is 0.250 e. The van der Waals surface area contributed by atoms with Gasteiger partial charge in [-0.15, -0.1) is 6.58 Å². The molecule has 3 heteroatoms. The van der Waals surface area contributed by atoms with Gasteiger partial charge in [0.1, 0.15) is 5.75 Å². The van der Waals surface area contributed by atoms with Gasteiger partial charge in [-0.05, 0) is 35.8 Å². The molecule has 142 valence electrons. The molecule has 0 aliphatic carbocycles. The van der Waals surface area contributed by atoms with Crippen LogP contribution in [0.3, 0.4) is 0 Å². The molecule has 1 aromatic heterocycles. The molecule has 0 saturated heterocycles. The Bertz CT molecular complexity index is 932. The van der Waals surface area contributed by atoms with E-state index in [2.05, 4.69) is 99.6 Å². The third kappa shape index (κ3) is 3.88. The molecule has 0 N–H and O–H groups in total. The number of rotatable bonds is 6. The van der Waals surface area contributed by atoms with E-state index in [0.717, 1.165) is 18.7 Å². The Morgan fingerprint density at radius 3 is 2.26 bits per heavy atom. The van der Waals surface area contributed by atoms with Crippen LogP contribution in [0.5, 0.6) is 5.75 Å². The highest BCUT2D eigenvalue weighted by Gasteiger charge is 2.40. The first-order valence-corrected chi connectivity index (χ1v) is 12.6. The van der Waals surface area contributed by atoms with Gasteiger partial charge in [0.05, 0.1) is 11.2 Å². The van der Waals surface area contributed by atoms with Gasteiger partial charge in [0.25, 0.3) is 8.32 Å². The number of benzene rings is 2. The Hall–Kier alpha value is -2.26. The largest absolute Gasteiger partial charge is 0.542 e. The van der Waals surface area contributed by atoms with Crippen LogP contribution in [0.2, 0.25) is 18.1 Å². The van der Waals surface area contributed by atoms with E-state index in [9.17, 15) is 0 Å². The normalized spacial score (nSPS) is 12.3. The zero-order valence-electron chi connectivity index (χ0n) is 17.3. The summed E-state index contributed by atoms with van der Waals surface area (Å²) >= 11 is 0. The highest BCUT2D eigenvalue weighted by atomic mass is 28.4. The first-order valence-electron chi connectivity index (χ1n) is 9.68. The molecule has 0 bridgehead atoms. The number of hydrogen-bond acceptors (Lipinski definition) is 1. The predicted octanol–water partition coefficient (Wildman–Crippen LogP) is 6.80. The smallest absolute Gasteiger partial charge is 0.250 e. The first-order chi connectivity index (χ1) is 12.7. The number of fused-ring (bicyclic) bond motifs is 1. The molecule has 27 heavy (non-hydrogen) atoms. The molecule has 0 fully saturated rings. The molecular weight excluding hydrogens is 346 g/mol. The quantitative estimate of drug-likeness (QED) is 0.340. The second-order valence-electron chi connectivity index (χ2n) is 8.72. The lowest BCUT2D eigenvalue weighted by molar-refractivity contribution is 0.489. The predicted molar refractivity (Wildman–Crippen MR) is 119 cm³/mol. The zero-order valence-corrected chi connectivity index (χ0v) is 18.3. The standard InChI is InChI=1S/C24H31NOSi/c1-7-17-25-21-16-12-11-15-20(21)23(26-27(5,6)24(2,3)4)22(25)18-19-13-9-8-10-14-19/h7-16H,1,17-18H2,2-6H3. The van der Waals surface area contributed by atoms with Gasteiger partial charge < -0.3 is 8.99 Å². The molecule has 0 saturated carbocycles. The van der Waals surface area contributed by atoms with Gasteiger partial charge in [0.15, 0.2) is 0 Å². The lowest BCUT2D eigenvalue weighted by Crippen LogP contribution is -2.44. The molecule has 0 aliphatic heterocycles. The average Bonchev–Trinajstić information content (AvgIpc) is 2.89. The van der Waals surface area contributed by atoms with Gasteiger partial charge in [0, 0.05) is 18.4 Å². The summed E-state index contributed by atoms with van der Waals surface area (Å²) in [7, 11) is -1.96. The van der Waals surface area contributed by atoms with Crippen molar-refractivity contribution in [3.8, 4) is 5.75 Å². The fourth-order valence-electron chi connectivity index (χ4n) is 3.15. The van der Waals surface area contributed by atoms with Crippen LogP contribution in [0.1, 0.15) is 32.0 Å². The Morgan fingerprint density at radius 1 is 1.00 bits per heavy atom. The summed E-state index contributed by atoms with van der Waals surface area (Å²) in [4.78, 5) is 0. The van der Waals surface area contributed by atoms with Crippen LogP contribution in [-0.4, -0.2) is 12.9 Å². The third-order valence-electron chi connectivity index (χ3n) is 5.72. The summed E-state index contributed by atoms with van der Waals surface area (Å²) < 4.78 is 9.25. The van der Waals surface area contributed by atoms with Crippen LogP contribution in [0, 0.1) is 0 Å². The van der Waals surface area contributed by atoms with Gasteiger partial charge >= 0.3 is 0 Å². The van der Waals surface area contributed by atoms with Crippen molar-refractivity contribution < 1.29 is 4.43 Å². The van der Waals surface area contributed by atoms with Crippen LogP contribution in [0.4, 0.5) is 0 Å². The van der Waals surface area contributed by atoms with Gasteiger partial charge in [-0.2, -0.15) is 0 Å². The second-order valence-corrected chi connectivity index (χ2v) is 13.4. The first kappa shape index (κ1) is 19.5. The van der Waals surface area contributed by atoms with Gasteiger partial charge in [-0.1, -0.05) is 69.3 Å². The van der Waals surface area contributed by atoms with Crippen LogP contribution >= 0.6 is 0 Å². The maximum atomic E-state index is 6.89. The van der Waals surface area contributed by atoms with E-state index in [0.29, 0.717) is 0 Å². The number of nitrogens with zero attached hydrogens (tertiary/aromatic N) is 1. The topological polar surface area (TPSA) is 14.2 Å². The van der Waals surface area contributed by atoms with Crippen molar-refractivity contribution in [1.29, 1.82) is 0 Å². The van der Waals surface area contributed by atoms with Crippen LogP contribution in [0.15, 0.2) is 67.3 Å². The van der Waals surface area contributed by atoms with Gasteiger partial charge in [-0.25, -0.2) is 0 Å². The molecule has 2 aromatic carbocycles. The summed E-state index contributed by atoms with van der Waals surface area (Å²) in [5, 5.41) is 1.36. The van der Waals surface area contributed by atoms with Crippen LogP contribution < -0.4 is 4.43 Å². The monoisotopic (exact) mass is 377 g/mol. The van der Waals surface area contributed by atoms with Crippen LogP contribution in [0.25, 0.3) is 10.9 Å². The molecule has 0 aliphatic rings. The molecule has 2 nitrogen and oxygen atoms in total. The van der Waals surface area contributed by atoms with Gasteiger partial charge in [-0.3, -0.25) is 0 Å². The molecule has 0 atom stereocenters. The van der Waals surface area contributed by atoms with E-state index in [1.807, 2.05) is 6.08 Å². The van der Waals surface area contributed by atoms with Crippen molar-refractivity contribution in [2.24, 2.45) is 0 Å². The van der Waals surface area contributed by atoms with E-state index in [-0.39, 0.29) is 5.04 Å². The minimum atomic E-state index is -1.96. The van der Waals surface area contributed by atoms with Crippen molar-refractivity contribution in [2.75, 3.05) is 0 Å². The third-order valence-corrected chi connectivity index (χ3v) is 10.0. The Balaban J connectivity index is 2.20. The number of aromatic nitrogens is 1. The van der Waals surface area contributed by atoms with Crippen molar-refractivity contribution in [1.82, 2.24) is 4.57 Å². The Labute approximate surface area is 164 Å². The van der Waals surface area contributed by atoms with Gasteiger partial charge in [0.2, 0.25) is 0 Å². The number of allylic oxidation sites excluding steroid dienone is 1. The second kappa shape index (κ2) is 7.39. The summed E-state index contributed by atoms with van der Waals surface area (Å²) in [5.74, 6) is 1.06. The average molecular weight is 378 g/mol. The van der Waals surface area contributed by atoms with Crippen molar-refractivity contribution in [3.05, 3.63) is 78.5 Å². The fraction of sp³-hybridized carbons (Fsp3) is 0.333. The molecule has 3 aromatic rings. The molecule has 3 rings (SSSR count). The Kier molecular flexibility index (Phi) is 5.34. The van der Waals surface area contributed by atoms with Crippen molar-refractivity contribution in [2.45, 2.75) is 51.9 Å². The van der Waals surface area contributed by atoms with Crippen LogP contribution in [-0.2, 0) is 13.0 Å². The number of hydrogen-bond donors (Lipinski definition) is 0. The zero-order chi connectivity index (χ0) is 19.7. The maximum absolute atomic E-state index is 6.89. The lowest BCUT2D eigenvalue weighted by atomic mass is 10.1. The SMILES string of the molecule is C=CCn1c(Cc2ccccc2)c(O[Si](C)(C)C(C)(C)C)c2ccccc21. The highest BCUT2D eigenvalue weighted by Crippen LogP contribution is 2.42. The summed E-state index contributed by atoms with van der Waals surface area (Å²) in [6, 6.07) is 19.2. The fourth-order valence-corrected chi connectivity index (χ4v) is 4.19. The van der Waals surface area contributed by atoms with E-state index in [1.165, 1.54) is 22.2 Å². The summed E-state index contributed by atoms with van der Waals surface area (Å²) in [6.45, 7) is 16.3. The minimum Gasteiger partial charge on any atom is -0.542 e. The Morgan fingerprint density at radius 2 is 1.63 bits per heavy atom. The lowest BCUT2D eigenvalue weighted by Gasteiger charge is -2.36. The molecule has 0 amide bonds. The highest BCUT2D eigenvalue weighted by molar-refractivity contribution is 6.74. The minimum absolute atomic E-state index is 0.151. The van der Waals surface area contributed by atoms with E-state index < -0.39 is 8.32 Å². The van der Waals surface area contributed by atoms with E-state index in [4.69, 9.17) is 4.43 Å². The molecule has 1 heterocycles. The van der Waals surface area contributed by atoms with Crippen molar-refractivity contribution >= 4 is 19.2 Å². The van der Waals surface area contributed by atoms with E-state index in [1.54, 1.807) is 0 Å². The number of para-hydroxylation sites is 1.